The van der Waals surface area contributed by atoms with Crippen molar-refractivity contribution in [1.82, 2.24) is 15.2 Å². The summed E-state index contributed by atoms with van der Waals surface area (Å²) in [5, 5.41) is 10.4. The Morgan fingerprint density at radius 2 is 2.13 bits per heavy atom. The zero-order valence-corrected chi connectivity index (χ0v) is 9.88. The van der Waals surface area contributed by atoms with Crippen LogP contribution >= 0.6 is 22.9 Å². The van der Waals surface area contributed by atoms with Gasteiger partial charge in [-0.15, -0.1) is 10.2 Å². The quantitative estimate of drug-likeness (QED) is 0.808. The van der Waals surface area contributed by atoms with Crippen LogP contribution in [0, 0.1) is 0 Å². The van der Waals surface area contributed by atoms with Gasteiger partial charge in [-0.1, -0.05) is 22.9 Å². The molecule has 15 heavy (non-hydrogen) atoms. The molecule has 2 aromatic heterocycles. The molecule has 2 heterocycles. The first-order chi connectivity index (χ1) is 7.16. The normalized spacial score (nSPS) is 10.3. The second-order valence-electron chi connectivity index (χ2n) is 3.14. The summed E-state index contributed by atoms with van der Waals surface area (Å²) in [7, 11) is 3.85. The summed E-state index contributed by atoms with van der Waals surface area (Å²) in [6, 6.07) is 3.51. The molecule has 6 heteroatoms. The smallest absolute Gasteiger partial charge is 0.208 e. The van der Waals surface area contributed by atoms with E-state index in [4.69, 9.17) is 11.6 Å². The van der Waals surface area contributed by atoms with E-state index in [0.29, 0.717) is 5.02 Å². The van der Waals surface area contributed by atoms with E-state index in [2.05, 4.69) is 15.2 Å². The van der Waals surface area contributed by atoms with Crippen molar-refractivity contribution in [3.63, 3.8) is 0 Å². The second-order valence-corrected chi connectivity index (χ2v) is 4.54. The van der Waals surface area contributed by atoms with Crippen LogP contribution in [0.5, 0.6) is 0 Å². The number of anilines is 1. The van der Waals surface area contributed by atoms with Gasteiger partial charge in [0, 0.05) is 25.3 Å². The van der Waals surface area contributed by atoms with Gasteiger partial charge in [-0.2, -0.15) is 0 Å². The van der Waals surface area contributed by atoms with Crippen LogP contribution in [0.2, 0.25) is 5.02 Å². The number of hydrogen-bond donors (Lipinski definition) is 0. The van der Waals surface area contributed by atoms with E-state index in [0.717, 1.165) is 15.8 Å². The van der Waals surface area contributed by atoms with Crippen molar-refractivity contribution in [3.05, 3.63) is 23.4 Å². The largest absolute Gasteiger partial charge is 0.353 e. The van der Waals surface area contributed by atoms with Crippen LogP contribution < -0.4 is 4.90 Å². The molecule has 2 aromatic rings. The van der Waals surface area contributed by atoms with Gasteiger partial charge in [-0.3, -0.25) is 4.98 Å². The topological polar surface area (TPSA) is 41.9 Å². The Kier molecular flexibility index (Phi) is 2.83. The van der Waals surface area contributed by atoms with E-state index >= 15 is 0 Å². The van der Waals surface area contributed by atoms with Gasteiger partial charge < -0.3 is 4.90 Å². The molecule has 0 saturated carbocycles. The highest BCUT2D eigenvalue weighted by molar-refractivity contribution is 7.18. The lowest BCUT2D eigenvalue weighted by Crippen LogP contribution is -2.07. The minimum absolute atomic E-state index is 0.654. The maximum absolute atomic E-state index is 5.87. The van der Waals surface area contributed by atoms with Crippen LogP contribution in [0.1, 0.15) is 0 Å². The third-order valence-corrected chi connectivity index (χ3v) is 3.09. The van der Waals surface area contributed by atoms with Crippen molar-refractivity contribution >= 4 is 28.1 Å². The van der Waals surface area contributed by atoms with Crippen LogP contribution in [0.4, 0.5) is 5.13 Å². The highest BCUT2D eigenvalue weighted by Crippen LogP contribution is 2.27. The maximum atomic E-state index is 5.87. The fourth-order valence-electron chi connectivity index (χ4n) is 1.02. The Morgan fingerprint density at radius 3 is 2.73 bits per heavy atom. The minimum Gasteiger partial charge on any atom is -0.353 e. The molecule has 0 radical (unpaired) electrons. The number of halogens is 1. The monoisotopic (exact) mass is 240 g/mol. The Hall–Kier alpha value is -1.20. The van der Waals surface area contributed by atoms with Gasteiger partial charge in [-0.25, -0.2) is 0 Å². The van der Waals surface area contributed by atoms with E-state index in [1.807, 2.05) is 19.0 Å². The molecular weight excluding hydrogens is 232 g/mol. The molecule has 0 atom stereocenters. The lowest BCUT2D eigenvalue weighted by atomic mass is 10.4. The molecule has 0 unspecified atom stereocenters. The Morgan fingerprint density at radius 1 is 1.33 bits per heavy atom. The van der Waals surface area contributed by atoms with Gasteiger partial charge in [0.1, 0.15) is 5.69 Å². The fraction of sp³-hybridized carbons (Fsp3) is 0.222. The van der Waals surface area contributed by atoms with Crippen molar-refractivity contribution in [1.29, 1.82) is 0 Å². The SMILES string of the molecule is CN(C)c1nnc(-c2cc(Cl)ccn2)s1. The number of nitrogens with zero attached hydrogens (tertiary/aromatic N) is 4. The maximum Gasteiger partial charge on any atom is 0.208 e. The lowest BCUT2D eigenvalue weighted by Gasteiger charge is -2.03. The third-order valence-electron chi connectivity index (χ3n) is 1.74. The van der Waals surface area contributed by atoms with Gasteiger partial charge >= 0.3 is 0 Å². The predicted octanol–water partition coefficient (Wildman–Crippen LogP) is 2.32. The van der Waals surface area contributed by atoms with E-state index in [9.17, 15) is 0 Å². The molecule has 4 nitrogen and oxygen atoms in total. The summed E-state index contributed by atoms with van der Waals surface area (Å²) in [5.74, 6) is 0. The Labute approximate surface area is 96.5 Å². The zero-order chi connectivity index (χ0) is 10.8. The van der Waals surface area contributed by atoms with Crippen LogP contribution in [0.3, 0.4) is 0 Å². The Balaban J connectivity index is 2.37. The third kappa shape index (κ3) is 2.24. The molecule has 0 fully saturated rings. The molecule has 0 aromatic carbocycles. The molecule has 0 N–H and O–H groups in total. The van der Waals surface area contributed by atoms with E-state index in [-0.39, 0.29) is 0 Å². The summed E-state index contributed by atoms with van der Waals surface area (Å²) >= 11 is 7.36. The zero-order valence-electron chi connectivity index (χ0n) is 8.31. The molecule has 0 aliphatic rings. The summed E-state index contributed by atoms with van der Waals surface area (Å²) in [6.45, 7) is 0. The van der Waals surface area contributed by atoms with E-state index in [1.54, 1.807) is 18.3 Å². The van der Waals surface area contributed by atoms with Crippen molar-refractivity contribution in [3.8, 4) is 10.7 Å². The molecule has 0 bridgehead atoms. The van der Waals surface area contributed by atoms with Crippen LogP contribution in [-0.4, -0.2) is 29.3 Å². The van der Waals surface area contributed by atoms with E-state index < -0.39 is 0 Å². The summed E-state index contributed by atoms with van der Waals surface area (Å²) in [6.07, 6.45) is 1.66. The summed E-state index contributed by atoms with van der Waals surface area (Å²) < 4.78 is 0. The average Bonchev–Trinajstić information content (AvgIpc) is 2.66. The first kappa shape index (κ1) is 10.3. The van der Waals surface area contributed by atoms with Crippen molar-refractivity contribution in [2.24, 2.45) is 0 Å². The van der Waals surface area contributed by atoms with Crippen LogP contribution in [0.15, 0.2) is 18.3 Å². The highest BCUT2D eigenvalue weighted by atomic mass is 35.5. The molecule has 2 rings (SSSR count). The van der Waals surface area contributed by atoms with Crippen molar-refractivity contribution in [2.45, 2.75) is 0 Å². The van der Waals surface area contributed by atoms with Gasteiger partial charge in [-0.05, 0) is 12.1 Å². The van der Waals surface area contributed by atoms with Gasteiger partial charge in [0.25, 0.3) is 0 Å². The second kappa shape index (κ2) is 4.12. The average molecular weight is 241 g/mol. The fourth-order valence-corrected chi connectivity index (χ4v) is 1.92. The predicted molar refractivity (Wildman–Crippen MR) is 62.5 cm³/mol. The molecule has 0 spiro atoms. The number of pyridine rings is 1. The molecule has 0 aliphatic carbocycles. The summed E-state index contributed by atoms with van der Waals surface area (Å²) in [4.78, 5) is 6.10. The number of aromatic nitrogens is 3. The van der Waals surface area contributed by atoms with Crippen LogP contribution in [-0.2, 0) is 0 Å². The first-order valence-corrected chi connectivity index (χ1v) is 5.49. The van der Waals surface area contributed by atoms with E-state index in [1.165, 1.54) is 11.3 Å². The number of rotatable bonds is 2. The van der Waals surface area contributed by atoms with Crippen LogP contribution in [0.25, 0.3) is 10.7 Å². The molecular formula is C9H9ClN4S. The number of hydrogen-bond acceptors (Lipinski definition) is 5. The first-order valence-electron chi connectivity index (χ1n) is 4.29. The molecule has 0 aliphatic heterocycles. The molecule has 0 amide bonds. The van der Waals surface area contributed by atoms with Crippen molar-refractivity contribution in [2.75, 3.05) is 19.0 Å². The lowest BCUT2D eigenvalue weighted by molar-refractivity contribution is 1.02. The minimum atomic E-state index is 0.654. The Bertz CT molecular complexity index is 469. The molecule has 78 valence electrons. The molecule has 0 saturated heterocycles. The van der Waals surface area contributed by atoms with Gasteiger partial charge in [0.05, 0.1) is 0 Å². The standard InChI is InChI=1S/C9H9ClN4S/c1-14(2)9-13-12-8(15-9)7-5-6(10)3-4-11-7/h3-5H,1-2H3. The van der Waals surface area contributed by atoms with Gasteiger partial charge in [0.15, 0.2) is 5.01 Å². The van der Waals surface area contributed by atoms with Gasteiger partial charge in [0.2, 0.25) is 5.13 Å². The van der Waals surface area contributed by atoms with Crippen molar-refractivity contribution < 1.29 is 0 Å². The summed E-state index contributed by atoms with van der Waals surface area (Å²) in [5.41, 5.74) is 0.758. The highest BCUT2D eigenvalue weighted by Gasteiger charge is 2.08.